The normalized spacial score (nSPS) is 10.9. The molecule has 3 rings (SSSR count). The van der Waals surface area contributed by atoms with Gasteiger partial charge >= 0.3 is 5.97 Å². The van der Waals surface area contributed by atoms with Crippen LogP contribution in [0.5, 0.6) is 0 Å². The Bertz CT molecular complexity index is 1020. The Hall–Kier alpha value is -2.80. The van der Waals surface area contributed by atoms with Crippen LogP contribution in [-0.4, -0.2) is 20.6 Å². The maximum Gasteiger partial charge on any atom is 0.341 e. The zero-order chi connectivity index (χ0) is 16.7. The SMILES string of the molecule is O=C(O)c1cn(-c2ccc(F)cc2F)c2ncc(Cl)cc2c1=O. The fourth-order valence-corrected chi connectivity index (χ4v) is 2.36. The molecule has 0 bridgehead atoms. The molecule has 8 heteroatoms. The Morgan fingerprint density at radius 1 is 1.26 bits per heavy atom. The first kappa shape index (κ1) is 15.1. The highest BCUT2D eigenvalue weighted by Crippen LogP contribution is 2.21. The van der Waals surface area contributed by atoms with Crippen molar-refractivity contribution in [2.75, 3.05) is 0 Å². The van der Waals surface area contributed by atoms with Crippen LogP contribution in [0.3, 0.4) is 0 Å². The number of aromatic carboxylic acids is 1. The monoisotopic (exact) mass is 336 g/mol. The topological polar surface area (TPSA) is 72.2 Å². The molecule has 0 amide bonds. The summed E-state index contributed by atoms with van der Waals surface area (Å²) in [6.45, 7) is 0. The van der Waals surface area contributed by atoms with Gasteiger partial charge in [0, 0.05) is 18.5 Å². The largest absolute Gasteiger partial charge is 0.477 e. The summed E-state index contributed by atoms with van der Waals surface area (Å²) in [6, 6.07) is 4.03. The lowest BCUT2D eigenvalue weighted by molar-refractivity contribution is 0.0695. The van der Waals surface area contributed by atoms with Gasteiger partial charge in [-0.25, -0.2) is 18.6 Å². The summed E-state index contributed by atoms with van der Waals surface area (Å²) < 4.78 is 28.2. The van der Waals surface area contributed by atoms with E-state index in [0.29, 0.717) is 6.07 Å². The third-order valence-corrected chi connectivity index (χ3v) is 3.42. The van der Waals surface area contributed by atoms with Crippen LogP contribution in [0.4, 0.5) is 8.78 Å². The molecule has 0 radical (unpaired) electrons. The lowest BCUT2D eigenvalue weighted by Gasteiger charge is -2.12. The van der Waals surface area contributed by atoms with E-state index in [1.54, 1.807) is 0 Å². The fraction of sp³-hybridized carbons (Fsp3) is 0. The molecule has 5 nitrogen and oxygen atoms in total. The Kier molecular flexibility index (Phi) is 3.57. The number of rotatable bonds is 2. The van der Waals surface area contributed by atoms with Crippen molar-refractivity contribution in [1.82, 2.24) is 9.55 Å². The molecule has 23 heavy (non-hydrogen) atoms. The first-order chi connectivity index (χ1) is 10.9. The molecular weight excluding hydrogens is 330 g/mol. The van der Waals surface area contributed by atoms with Gasteiger partial charge in [-0.2, -0.15) is 0 Å². The van der Waals surface area contributed by atoms with Crippen molar-refractivity contribution in [1.29, 1.82) is 0 Å². The number of aromatic nitrogens is 2. The molecule has 1 aromatic carbocycles. The van der Waals surface area contributed by atoms with Gasteiger partial charge in [0.15, 0.2) is 0 Å². The number of hydrogen-bond acceptors (Lipinski definition) is 3. The van der Waals surface area contributed by atoms with Gasteiger partial charge in [0.05, 0.1) is 16.1 Å². The predicted octanol–water partition coefficient (Wildman–Crippen LogP) is 3.02. The molecule has 0 fully saturated rings. The average molecular weight is 337 g/mol. The predicted molar refractivity (Wildman–Crippen MR) is 79.2 cm³/mol. The number of pyridine rings is 2. The van der Waals surface area contributed by atoms with Gasteiger partial charge < -0.3 is 5.11 Å². The van der Waals surface area contributed by atoms with Crippen LogP contribution in [0.1, 0.15) is 10.4 Å². The lowest BCUT2D eigenvalue weighted by atomic mass is 10.1. The van der Waals surface area contributed by atoms with Gasteiger partial charge in [0.2, 0.25) is 5.43 Å². The molecule has 0 atom stereocenters. The summed E-state index contributed by atoms with van der Waals surface area (Å²) in [5.74, 6) is -3.19. The van der Waals surface area contributed by atoms with Gasteiger partial charge in [0.25, 0.3) is 0 Å². The van der Waals surface area contributed by atoms with E-state index in [4.69, 9.17) is 16.7 Å². The Labute approximate surface area is 132 Å². The first-order valence-corrected chi connectivity index (χ1v) is 6.66. The summed E-state index contributed by atoms with van der Waals surface area (Å²) in [5.41, 5.74) is -1.50. The number of benzene rings is 1. The number of halogens is 3. The summed E-state index contributed by atoms with van der Waals surface area (Å²) in [4.78, 5) is 27.4. The zero-order valence-electron chi connectivity index (χ0n) is 11.3. The van der Waals surface area contributed by atoms with Gasteiger partial charge in [-0.15, -0.1) is 0 Å². The van der Waals surface area contributed by atoms with Gasteiger partial charge in [-0.1, -0.05) is 11.6 Å². The van der Waals surface area contributed by atoms with Crippen molar-refractivity contribution in [2.45, 2.75) is 0 Å². The zero-order valence-corrected chi connectivity index (χ0v) is 12.0. The van der Waals surface area contributed by atoms with E-state index in [0.717, 1.165) is 22.9 Å². The Balaban J connectivity index is 2.47. The molecular formula is C15H7ClF2N2O3. The van der Waals surface area contributed by atoms with E-state index in [1.807, 2.05) is 0 Å². The molecule has 0 unspecified atom stereocenters. The Morgan fingerprint density at radius 2 is 2.00 bits per heavy atom. The molecule has 0 saturated heterocycles. The van der Waals surface area contributed by atoms with E-state index in [2.05, 4.69) is 4.98 Å². The molecule has 0 aliphatic carbocycles. The van der Waals surface area contributed by atoms with Crippen molar-refractivity contribution in [2.24, 2.45) is 0 Å². The average Bonchev–Trinajstić information content (AvgIpc) is 2.48. The maximum absolute atomic E-state index is 14.0. The van der Waals surface area contributed by atoms with Crippen LogP contribution in [0.2, 0.25) is 5.02 Å². The lowest BCUT2D eigenvalue weighted by Crippen LogP contribution is -2.19. The molecule has 2 aromatic heterocycles. The molecule has 0 aliphatic rings. The summed E-state index contributed by atoms with van der Waals surface area (Å²) in [6.07, 6.45) is 2.19. The number of carbonyl (C=O) groups is 1. The molecule has 0 aliphatic heterocycles. The fourth-order valence-electron chi connectivity index (χ4n) is 2.20. The van der Waals surface area contributed by atoms with Crippen molar-refractivity contribution in [3.63, 3.8) is 0 Å². The molecule has 0 spiro atoms. The highest BCUT2D eigenvalue weighted by Gasteiger charge is 2.18. The third-order valence-electron chi connectivity index (χ3n) is 3.21. The number of hydrogen-bond donors (Lipinski definition) is 1. The first-order valence-electron chi connectivity index (χ1n) is 6.28. The number of carboxylic acids is 1. The highest BCUT2D eigenvalue weighted by molar-refractivity contribution is 6.31. The standard InChI is InChI=1S/C15H7ClF2N2O3/c16-7-3-9-13(21)10(15(22)23)6-20(14(9)19-5-7)12-2-1-8(17)4-11(12)18/h1-6H,(H,22,23). The van der Waals surface area contributed by atoms with Crippen molar-refractivity contribution < 1.29 is 18.7 Å². The summed E-state index contributed by atoms with van der Waals surface area (Å²) in [7, 11) is 0. The van der Waals surface area contributed by atoms with Crippen LogP contribution < -0.4 is 5.43 Å². The van der Waals surface area contributed by atoms with Crippen molar-refractivity contribution in [3.8, 4) is 5.69 Å². The minimum atomic E-state index is -1.48. The number of carboxylic acid groups (broad SMARTS) is 1. The molecule has 1 N–H and O–H groups in total. The highest BCUT2D eigenvalue weighted by atomic mass is 35.5. The van der Waals surface area contributed by atoms with Crippen LogP contribution in [0.25, 0.3) is 16.7 Å². The van der Waals surface area contributed by atoms with Gasteiger partial charge in [0.1, 0.15) is 22.8 Å². The molecule has 116 valence electrons. The Morgan fingerprint density at radius 3 is 2.65 bits per heavy atom. The minimum absolute atomic E-state index is 0.00917. The number of fused-ring (bicyclic) bond motifs is 1. The van der Waals surface area contributed by atoms with Crippen LogP contribution >= 0.6 is 11.6 Å². The molecule has 0 saturated carbocycles. The van der Waals surface area contributed by atoms with E-state index < -0.39 is 28.6 Å². The second-order valence-corrected chi connectivity index (χ2v) is 5.10. The van der Waals surface area contributed by atoms with Crippen LogP contribution in [-0.2, 0) is 0 Å². The van der Waals surface area contributed by atoms with E-state index in [9.17, 15) is 18.4 Å². The smallest absolute Gasteiger partial charge is 0.341 e. The van der Waals surface area contributed by atoms with Gasteiger partial charge in [-0.05, 0) is 18.2 Å². The maximum atomic E-state index is 14.0. The number of nitrogens with zero attached hydrogens (tertiary/aromatic N) is 2. The second kappa shape index (κ2) is 5.44. The van der Waals surface area contributed by atoms with Gasteiger partial charge in [-0.3, -0.25) is 9.36 Å². The van der Waals surface area contributed by atoms with Crippen molar-refractivity contribution >= 4 is 28.6 Å². The van der Waals surface area contributed by atoms with E-state index >= 15 is 0 Å². The summed E-state index contributed by atoms with van der Waals surface area (Å²) in [5, 5.41) is 9.20. The van der Waals surface area contributed by atoms with E-state index in [-0.39, 0.29) is 21.7 Å². The minimum Gasteiger partial charge on any atom is -0.477 e. The molecule has 2 heterocycles. The van der Waals surface area contributed by atoms with Crippen LogP contribution in [0.15, 0.2) is 41.5 Å². The third kappa shape index (κ3) is 2.55. The van der Waals surface area contributed by atoms with E-state index in [1.165, 1.54) is 12.3 Å². The second-order valence-electron chi connectivity index (χ2n) is 4.67. The summed E-state index contributed by atoms with van der Waals surface area (Å²) >= 11 is 5.79. The quantitative estimate of drug-likeness (QED) is 0.780. The van der Waals surface area contributed by atoms with Crippen LogP contribution in [0, 0.1) is 11.6 Å². The molecule has 3 aromatic rings. The van der Waals surface area contributed by atoms with Crippen molar-refractivity contribution in [3.05, 3.63) is 69.1 Å².